The van der Waals surface area contributed by atoms with Crippen LogP contribution in [-0.4, -0.2) is 35.2 Å². The quantitative estimate of drug-likeness (QED) is 0.674. The van der Waals surface area contributed by atoms with Crippen molar-refractivity contribution in [3.8, 4) is 11.5 Å². The summed E-state index contributed by atoms with van der Waals surface area (Å²) in [5.74, 6) is 2.34. The van der Waals surface area contributed by atoms with Crippen LogP contribution in [0.1, 0.15) is 6.92 Å². The van der Waals surface area contributed by atoms with E-state index in [1.807, 2.05) is 55.5 Å². The summed E-state index contributed by atoms with van der Waals surface area (Å²) in [5, 5.41) is 4.30. The van der Waals surface area contributed by atoms with Crippen molar-refractivity contribution >= 4 is 16.7 Å². The van der Waals surface area contributed by atoms with Crippen LogP contribution < -0.4 is 14.8 Å². The summed E-state index contributed by atoms with van der Waals surface area (Å²) in [6.45, 7) is 3.73. The van der Waals surface area contributed by atoms with Gasteiger partial charge in [0.1, 0.15) is 18.8 Å². The third kappa shape index (κ3) is 4.11. The smallest absolute Gasteiger partial charge is 0.161 e. The topological polar surface area (TPSA) is 87.8 Å². The van der Waals surface area contributed by atoms with Gasteiger partial charge >= 0.3 is 0 Å². The number of anilines is 1. The maximum Gasteiger partial charge on any atom is 0.161 e. The predicted octanol–water partition coefficient (Wildman–Crippen LogP) is 2.69. The minimum absolute atomic E-state index is 0. The summed E-state index contributed by atoms with van der Waals surface area (Å²) in [4.78, 5) is 8.55. The van der Waals surface area contributed by atoms with Crippen LogP contribution in [-0.2, 0) is 0 Å². The number of hydrogen-bond donors (Lipinski definition) is 1. The fourth-order valence-electron chi connectivity index (χ4n) is 2.32. The normalized spacial score (nSPS) is 10.0. The second-order valence-corrected chi connectivity index (χ2v) is 4.89. The first-order chi connectivity index (χ1) is 11.4. The van der Waals surface area contributed by atoms with E-state index in [-0.39, 0.29) is 5.48 Å². The zero-order valence-corrected chi connectivity index (χ0v) is 13.5. The number of rotatable bonds is 7. The van der Waals surface area contributed by atoms with Crippen molar-refractivity contribution in [3.05, 3.63) is 54.9 Å². The van der Waals surface area contributed by atoms with E-state index in [0.717, 1.165) is 28.2 Å². The van der Waals surface area contributed by atoms with Crippen LogP contribution in [0, 0.1) is 0 Å². The van der Waals surface area contributed by atoms with Crippen LogP contribution >= 0.6 is 0 Å². The van der Waals surface area contributed by atoms with E-state index in [2.05, 4.69) is 15.3 Å². The van der Waals surface area contributed by atoms with Crippen molar-refractivity contribution in [1.29, 1.82) is 0 Å². The van der Waals surface area contributed by atoms with E-state index < -0.39 is 0 Å². The van der Waals surface area contributed by atoms with Crippen molar-refractivity contribution < 1.29 is 14.9 Å². The summed E-state index contributed by atoms with van der Waals surface area (Å²) < 4.78 is 11.3. The number of nitrogens with zero attached hydrogens (tertiary/aromatic N) is 2. The lowest BCUT2D eigenvalue weighted by Crippen LogP contribution is -2.13. The highest BCUT2D eigenvalue weighted by Gasteiger charge is 2.04. The first-order valence-corrected chi connectivity index (χ1v) is 7.66. The molecule has 0 atom stereocenters. The summed E-state index contributed by atoms with van der Waals surface area (Å²) >= 11 is 0. The van der Waals surface area contributed by atoms with Crippen LogP contribution in [0.15, 0.2) is 54.9 Å². The highest BCUT2D eigenvalue weighted by molar-refractivity contribution is 5.88. The van der Waals surface area contributed by atoms with Crippen molar-refractivity contribution in [2.45, 2.75) is 6.92 Å². The van der Waals surface area contributed by atoms with Gasteiger partial charge in [-0.1, -0.05) is 24.3 Å². The van der Waals surface area contributed by atoms with Crippen molar-refractivity contribution in [2.24, 2.45) is 0 Å². The monoisotopic (exact) mass is 327 g/mol. The summed E-state index contributed by atoms with van der Waals surface area (Å²) in [7, 11) is 0. The fourth-order valence-corrected chi connectivity index (χ4v) is 2.32. The Kier molecular flexibility index (Phi) is 6.33. The fraction of sp³-hybridized carbons (Fsp3) is 0.222. The second kappa shape index (κ2) is 8.69. The molecule has 0 saturated carbocycles. The van der Waals surface area contributed by atoms with Crippen molar-refractivity contribution in [1.82, 2.24) is 9.97 Å². The summed E-state index contributed by atoms with van der Waals surface area (Å²) in [6.07, 6.45) is 1.57. The van der Waals surface area contributed by atoms with E-state index in [9.17, 15) is 0 Å². The molecule has 126 valence electrons. The first-order valence-electron chi connectivity index (χ1n) is 7.66. The molecule has 0 radical (unpaired) electrons. The largest absolute Gasteiger partial charge is 0.490 e. The maximum atomic E-state index is 5.79. The second-order valence-electron chi connectivity index (χ2n) is 4.89. The molecular weight excluding hydrogens is 306 g/mol. The van der Waals surface area contributed by atoms with Crippen LogP contribution in [0.25, 0.3) is 10.9 Å². The van der Waals surface area contributed by atoms with Crippen molar-refractivity contribution in [2.75, 3.05) is 25.1 Å². The number of ether oxygens (including phenoxy) is 2. The molecule has 6 nitrogen and oxygen atoms in total. The average Bonchev–Trinajstić information content (AvgIpc) is 2.60. The average molecular weight is 327 g/mol. The molecule has 0 unspecified atom stereocenters. The minimum Gasteiger partial charge on any atom is -0.490 e. The van der Waals surface area contributed by atoms with Gasteiger partial charge in [-0.05, 0) is 31.2 Å². The Morgan fingerprint density at radius 3 is 2.42 bits per heavy atom. The van der Waals surface area contributed by atoms with E-state index in [1.54, 1.807) is 6.33 Å². The van der Waals surface area contributed by atoms with Gasteiger partial charge < -0.3 is 20.3 Å². The zero-order valence-electron chi connectivity index (χ0n) is 13.5. The molecule has 0 aliphatic heterocycles. The third-order valence-corrected chi connectivity index (χ3v) is 3.34. The molecule has 0 aliphatic carbocycles. The zero-order chi connectivity index (χ0) is 15.9. The Labute approximate surface area is 140 Å². The molecule has 3 rings (SSSR count). The lowest BCUT2D eigenvalue weighted by Gasteiger charge is -2.12. The van der Waals surface area contributed by atoms with Gasteiger partial charge in [-0.15, -0.1) is 0 Å². The molecule has 6 heteroatoms. The van der Waals surface area contributed by atoms with Gasteiger partial charge in [-0.3, -0.25) is 0 Å². The standard InChI is InChI=1S/C18H19N3O2.H2O/c1-2-22-16-9-5-6-10-17(16)23-12-11-19-18-14-7-3-4-8-15(14)20-13-21-18;/h3-10,13H,2,11-12H2,1H3,(H,19,20,21);1H2. The van der Waals surface area contributed by atoms with Crippen LogP contribution in [0.2, 0.25) is 0 Å². The van der Waals surface area contributed by atoms with Crippen LogP contribution in [0.3, 0.4) is 0 Å². The van der Waals surface area contributed by atoms with Gasteiger partial charge in [0.05, 0.1) is 18.7 Å². The lowest BCUT2D eigenvalue weighted by molar-refractivity contribution is 0.284. The predicted molar refractivity (Wildman–Crippen MR) is 94.7 cm³/mol. The minimum atomic E-state index is 0. The van der Waals surface area contributed by atoms with Crippen LogP contribution in [0.4, 0.5) is 5.82 Å². The number of nitrogens with one attached hydrogen (secondary N) is 1. The molecule has 2 aromatic carbocycles. The highest BCUT2D eigenvalue weighted by atomic mass is 16.5. The Bertz CT molecular complexity index is 775. The maximum absolute atomic E-state index is 5.79. The number of para-hydroxylation sites is 3. The van der Waals surface area contributed by atoms with Gasteiger partial charge in [0, 0.05) is 5.39 Å². The van der Waals surface area contributed by atoms with E-state index in [4.69, 9.17) is 9.47 Å². The molecule has 3 N–H and O–H groups in total. The SMILES string of the molecule is CCOc1ccccc1OCCNc1ncnc2ccccc12.O. The molecule has 0 saturated heterocycles. The van der Waals surface area contributed by atoms with Gasteiger partial charge in [0.25, 0.3) is 0 Å². The molecule has 0 bridgehead atoms. The summed E-state index contributed by atoms with van der Waals surface area (Å²) in [6, 6.07) is 15.6. The number of fused-ring (bicyclic) bond motifs is 1. The Balaban J connectivity index is 0.00000208. The number of benzene rings is 2. The molecule has 0 spiro atoms. The van der Waals surface area contributed by atoms with Gasteiger partial charge in [-0.2, -0.15) is 0 Å². The lowest BCUT2D eigenvalue weighted by atomic mass is 10.2. The summed E-state index contributed by atoms with van der Waals surface area (Å²) in [5.41, 5.74) is 0.924. The Hall–Kier alpha value is -2.86. The molecular formula is C18H21N3O3. The molecule has 0 aliphatic rings. The Morgan fingerprint density at radius 1 is 0.917 bits per heavy atom. The molecule has 3 aromatic rings. The van der Waals surface area contributed by atoms with Crippen LogP contribution in [0.5, 0.6) is 11.5 Å². The molecule has 24 heavy (non-hydrogen) atoms. The van der Waals surface area contributed by atoms with Gasteiger partial charge in [-0.25, -0.2) is 9.97 Å². The molecule has 0 amide bonds. The number of hydrogen-bond acceptors (Lipinski definition) is 5. The molecule has 1 aromatic heterocycles. The van der Waals surface area contributed by atoms with Gasteiger partial charge in [0.15, 0.2) is 11.5 Å². The number of aromatic nitrogens is 2. The van der Waals surface area contributed by atoms with E-state index in [0.29, 0.717) is 19.8 Å². The highest BCUT2D eigenvalue weighted by Crippen LogP contribution is 2.26. The third-order valence-electron chi connectivity index (χ3n) is 3.34. The molecule has 0 fully saturated rings. The molecule has 1 heterocycles. The van der Waals surface area contributed by atoms with Crippen molar-refractivity contribution in [3.63, 3.8) is 0 Å². The van der Waals surface area contributed by atoms with E-state index in [1.165, 1.54) is 0 Å². The Morgan fingerprint density at radius 2 is 1.62 bits per heavy atom. The van der Waals surface area contributed by atoms with E-state index >= 15 is 0 Å². The first kappa shape index (κ1) is 17.5. The van der Waals surface area contributed by atoms with Gasteiger partial charge in [0.2, 0.25) is 0 Å².